The molecule has 40 heavy (non-hydrogen) atoms. The van der Waals surface area contributed by atoms with Crippen LogP contribution in [0.5, 0.6) is 0 Å². The van der Waals surface area contributed by atoms with Crippen molar-refractivity contribution in [3.8, 4) is 0 Å². The molecule has 0 spiro atoms. The van der Waals surface area contributed by atoms with Gasteiger partial charge in [-0.1, -0.05) is 48.5 Å². The number of carbonyl (C=O) groups is 4. The third kappa shape index (κ3) is 8.65. The van der Waals surface area contributed by atoms with Gasteiger partial charge in [-0.2, -0.15) is 0 Å². The van der Waals surface area contributed by atoms with Gasteiger partial charge in [-0.05, 0) is 24.1 Å². The molecule has 4 atom stereocenters. The lowest BCUT2D eigenvalue weighted by atomic mass is 10.0. The molecule has 0 saturated carbocycles. The summed E-state index contributed by atoms with van der Waals surface area (Å²) < 4.78 is 14.9. The van der Waals surface area contributed by atoms with Crippen molar-refractivity contribution in [2.75, 3.05) is 20.8 Å². The number of thioether (sulfide) groups is 2. The van der Waals surface area contributed by atoms with Crippen molar-refractivity contribution in [3.05, 3.63) is 71.8 Å². The number of aliphatic imine (C=N–C) groups is 1. The molecule has 5 N–H and O–H groups in total. The van der Waals surface area contributed by atoms with Crippen molar-refractivity contribution >= 4 is 53.3 Å². The minimum Gasteiger partial charge on any atom is -0.468 e. The highest BCUT2D eigenvalue weighted by atomic mass is 32.2. The molecule has 0 radical (unpaired) electrons. The molecule has 1 heterocycles. The zero-order valence-electron chi connectivity index (χ0n) is 22.1. The number of methoxy groups -OCH3 is 2. The van der Waals surface area contributed by atoms with Gasteiger partial charge in [0.1, 0.15) is 23.1 Å². The van der Waals surface area contributed by atoms with Crippen LogP contribution < -0.4 is 16.8 Å². The predicted molar refractivity (Wildman–Crippen MR) is 153 cm³/mol. The molecule has 13 heteroatoms. The van der Waals surface area contributed by atoms with E-state index in [1.807, 2.05) is 30.3 Å². The number of amides is 1. The molecule has 214 valence electrons. The number of guanidine groups is 1. The van der Waals surface area contributed by atoms with Gasteiger partial charge in [0, 0.05) is 18.0 Å². The Morgan fingerprint density at radius 3 is 1.98 bits per heavy atom. The minimum absolute atomic E-state index is 0.0116. The van der Waals surface area contributed by atoms with E-state index in [-0.39, 0.29) is 25.5 Å². The van der Waals surface area contributed by atoms with E-state index in [1.54, 1.807) is 30.3 Å². The van der Waals surface area contributed by atoms with Gasteiger partial charge in [-0.3, -0.25) is 19.4 Å². The first kappa shape index (κ1) is 30.8. The summed E-state index contributed by atoms with van der Waals surface area (Å²) in [4.78, 5) is 55.4. The number of nitrogens with two attached hydrogens (primary N) is 2. The lowest BCUT2D eigenvalue weighted by molar-refractivity contribution is -0.147. The van der Waals surface area contributed by atoms with Crippen LogP contribution in [0.15, 0.2) is 65.7 Å². The van der Waals surface area contributed by atoms with E-state index < -0.39 is 50.9 Å². The van der Waals surface area contributed by atoms with Crippen molar-refractivity contribution in [2.45, 2.75) is 34.2 Å². The Bertz CT molecular complexity index is 1170. The molecule has 11 nitrogen and oxygen atoms in total. The summed E-state index contributed by atoms with van der Waals surface area (Å²) in [6.45, 7) is 0.0795. The third-order valence-electron chi connectivity index (χ3n) is 5.98. The lowest BCUT2D eigenvalue weighted by Crippen LogP contribution is -2.44. The normalized spacial score (nSPS) is 19.5. The molecular weight excluding hydrogens is 556 g/mol. The number of nitrogens with zero attached hydrogens (tertiary/aromatic N) is 1. The van der Waals surface area contributed by atoms with E-state index in [2.05, 4.69) is 10.3 Å². The molecule has 1 saturated heterocycles. The number of carbonyl (C=O) groups excluding carboxylic acids is 4. The molecule has 2 aromatic carbocycles. The highest BCUT2D eigenvalue weighted by Crippen LogP contribution is 2.49. The third-order valence-corrected chi connectivity index (χ3v) is 9.65. The lowest BCUT2D eigenvalue weighted by Gasteiger charge is -2.26. The number of hydrogen-bond acceptors (Lipinski definition) is 10. The van der Waals surface area contributed by atoms with Gasteiger partial charge in [0.2, 0.25) is 0 Å². The van der Waals surface area contributed by atoms with Crippen LogP contribution in [-0.4, -0.2) is 71.7 Å². The first-order valence-corrected chi connectivity index (χ1v) is 14.2. The maximum Gasteiger partial charge on any atom is 0.328 e. The van der Waals surface area contributed by atoms with Crippen LogP contribution in [0, 0.1) is 5.92 Å². The highest BCUT2D eigenvalue weighted by molar-refractivity contribution is 8.21. The summed E-state index contributed by atoms with van der Waals surface area (Å²) in [6.07, 6.45) is 0.0649. The Morgan fingerprint density at radius 2 is 1.45 bits per heavy atom. The Labute approximate surface area is 240 Å². The topological polar surface area (TPSA) is 172 Å². The predicted octanol–water partition coefficient (Wildman–Crippen LogP) is 1.70. The van der Waals surface area contributed by atoms with Gasteiger partial charge < -0.3 is 31.0 Å². The number of ether oxygens (including phenoxy) is 3. The maximum absolute atomic E-state index is 13.3. The summed E-state index contributed by atoms with van der Waals surface area (Å²) in [7, 11) is 2.48. The first-order chi connectivity index (χ1) is 19.2. The van der Waals surface area contributed by atoms with Crippen LogP contribution in [0.3, 0.4) is 0 Å². The minimum atomic E-state index is -1.08. The monoisotopic (exact) mass is 588 g/mol. The second kappa shape index (κ2) is 15.2. The fourth-order valence-electron chi connectivity index (χ4n) is 3.95. The molecule has 1 amide bonds. The maximum atomic E-state index is 13.3. The molecule has 1 fully saturated rings. The fraction of sp³-hybridized carbons (Fsp3) is 0.370. The number of benzene rings is 2. The van der Waals surface area contributed by atoms with Crippen LogP contribution in [-0.2, 0) is 35.2 Å². The molecule has 0 aromatic heterocycles. The van der Waals surface area contributed by atoms with Crippen LogP contribution >= 0.6 is 23.5 Å². The van der Waals surface area contributed by atoms with E-state index in [0.717, 1.165) is 5.56 Å². The largest absolute Gasteiger partial charge is 0.468 e. The van der Waals surface area contributed by atoms with Crippen LogP contribution in [0.25, 0.3) is 0 Å². The SMILES string of the molecule is COC(=O)C1SC(C(CN=C(N)N)C[C@H](NC(=O)c2ccccc2)C(=O)OCc2ccccc2)SC1C(=O)OC. The zero-order chi connectivity index (χ0) is 29.1. The molecule has 3 unspecified atom stereocenters. The smallest absolute Gasteiger partial charge is 0.328 e. The van der Waals surface area contributed by atoms with Crippen molar-refractivity contribution in [3.63, 3.8) is 0 Å². The number of rotatable bonds is 12. The average molecular weight is 589 g/mol. The van der Waals surface area contributed by atoms with Crippen molar-refractivity contribution in [1.29, 1.82) is 0 Å². The van der Waals surface area contributed by atoms with E-state index in [1.165, 1.54) is 37.7 Å². The average Bonchev–Trinajstić information content (AvgIpc) is 3.42. The standard InChI is InChI=1S/C27H32N4O7S2/c1-36-24(34)20-21(25(35)37-2)40-26(39-20)18(14-30-27(28)29)13-19(31-22(32)17-11-7-4-8-12-17)23(33)38-15-16-9-5-3-6-10-16/h3-12,18-21,26H,13-15H2,1-2H3,(H,31,32)(H4,28,29,30)/t18?,19-,20?,21?,26?/m0/s1. The zero-order valence-corrected chi connectivity index (χ0v) is 23.7. The van der Waals surface area contributed by atoms with E-state index in [9.17, 15) is 19.2 Å². The van der Waals surface area contributed by atoms with E-state index >= 15 is 0 Å². The molecule has 0 aliphatic carbocycles. The van der Waals surface area contributed by atoms with Gasteiger partial charge >= 0.3 is 17.9 Å². The summed E-state index contributed by atoms with van der Waals surface area (Å²) >= 11 is 2.41. The second-order valence-corrected chi connectivity index (χ2v) is 11.6. The molecule has 1 aliphatic rings. The Hall–Kier alpha value is -3.71. The van der Waals surface area contributed by atoms with Crippen LogP contribution in [0.2, 0.25) is 0 Å². The molecular formula is C27H32N4O7S2. The number of hydrogen-bond donors (Lipinski definition) is 3. The van der Waals surface area contributed by atoms with E-state index in [0.29, 0.717) is 5.56 Å². The molecule has 2 aromatic rings. The quantitative estimate of drug-likeness (QED) is 0.143. The highest BCUT2D eigenvalue weighted by Gasteiger charge is 2.48. The summed E-state index contributed by atoms with van der Waals surface area (Å²) in [5.41, 5.74) is 12.3. The summed E-state index contributed by atoms with van der Waals surface area (Å²) in [5, 5.41) is 1.10. The molecule has 3 rings (SSSR count). The van der Waals surface area contributed by atoms with Crippen LogP contribution in [0.1, 0.15) is 22.3 Å². The second-order valence-electron chi connectivity index (χ2n) is 8.77. The Kier molecular flexibility index (Phi) is 11.7. The van der Waals surface area contributed by atoms with Crippen molar-refractivity contribution < 1.29 is 33.4 Å². The van der Waals surface area contributed by atoms with Crippen molar-refractivity contribution in [2.24, 2.45) is 22.4 Å². The van der Waals surface area contributed by atoms with Gasteiger partial charge in [0.05, 0.1) is 18.8 Å². The van der Waals surface area contributed by atoms with Gasteiger partial charge in [0.25, 0.3) is 5.91 Å². The van der Waals surface area contributed by atoms with Gasteiger partial charge in [-0.25, -0.2) is 4.79 Å². The number of esters is 3. The summed E-state index contributed by atoms with van der Waals surface area (Å²) in [6, 6.07) is 16.5. The van der Waals surface area contributed by atoms with Gasteiger partial charge in [-0.15, -0.1) is 23.5 Å². The number of nitrogens with one attached hydrogen (secondary N) is 1. The summed E-state index contributed by atoms with van der Waals surface area (Å²) in [5.74, 6) is -2.90. The van der Waals surface area contributed by atoms with E-state index in [4.69, 9.17) is 25.7 Å². The first-order valence-electron chi connectivity index (χ1n) is 12.3. The Morgan fingerprint density at radius 1 is 0.900 bits per heavy atom. The van der Waals surface area contributed by atoms with Crippen LogP contribution in [0.4, 0.5) is 0 Å². The van der Waals surface area contributed by atoms with Gasteiger partial charge in [0.15, 0.2) is 5.96 Å². The molecule has 1 aliphatic heterocycles. The fourth-order valence-corrected chi connectivity index (χ4v) is 7.65. The molecule has 0 bridgehead atoms. The van der Waals surface area contributed by atoms with Crippen molar-refractivity contribution in [1.82, 2.24) is 5.32 Å². The Balaban J connectivity index is 1.87.